The Balaban J connectivity index is 2.22. The summed E-state index contributed by atoms with van der Waals surface area (Å²) in [4.78, 5) is 15.2. The summed E-state index contributed by atoms with van der Waals surface area (Å²) in [7, 11) is 0. The van der Waals surface area contributed by atoms with Crippen molar-refractivity contribution in [1.82, 2.24) is 0 Å². The zero-order chi connectivity index (χ0) is 12.4. The summed E-state index contributed by atoms with van der Waals surface area (Å²) in [6.07, 6.45) is 2.47. The van der Waals surface area contributed by atoms with Crippen molar-refractivity contribution < 1.29 is 4.79 Å². The van der Waals surface area contributed by atoms with E-state index in [1.54, 1.807) is 0 Å². The molecule has 1 aliphatic heterocycles. The molecule has 0 fully saturated rings. The maximum absolute atomic E-state index is 11.0. The van der Waals surface area contributed by atoms with Crippen molar-refractivity contribution >= 4 is 17.3 Å². The van der Waals surface area contributed by atoms with Crippen molar-refractivity contribution in [3.8, 4) is 0 Å². The highest BCUT2D eigenvalue weighted by molar-refractivity contribution is 6.40. The summed E-state index contributed by atoms with van der Waals surface area (Å²) in [6, 6.07) is 8.26. The van der Waals surface area contributed by atoms with Crippen molar-refractivity contribution in [2.24, 2.45) is 10.7 Å². The van der Waals surface area contributed by atoms with Crippen LogP contribution >= 0.6 is 0 Å². The largest absolute Gasteiger partial charge is 0.365 e. The standard InChI is InChI=1S/C14H16N2O/c1-9(2)10-3-5-11(6-4-10)12-7-8-13(16-12)14(15)17/h3-7,9H,8H2,1-2H3,(H2,15,17). The lowest BCUT2D eigenvalue weighted by molar-refractivity contribution is -0.112. The molecule has 1 amide bonds. The molecule has 0 atom stereocenters. The van der Waals surface area contributed by atoms with Gasteiger partial charge in [0.2, 0.25) is 0 Å². The maximum atomic E-state index is 11.0. The van der Waals surface area contributed by atoms with Crippen LogP contribution in [0.4, 0.5) is 0 Å². The van der Waals surface area contributed by atoms with Gasteiger partial charge in [0.1, 0.15) is 5.71 Å². The van der Waals surface area contributed by atoms with Crippen LogP contribution in [0.3, 0.4) is 0 Å². The van der Waals surface area contributed by atoms with E-state index in [1.807, 2.05) is 18.2 Å². The Labute approximate surface area is 101 Å². The van der Waals surface area contributed by atoms with Crippen LogP contribution < -0.4 is 5.73 Å². The molecule has 0 aromatic heterocycles. The van der Waals surface area contributed by atoms with Gasteiger partial charge in [-0.15, -0.1) is 0 Å². The van der Waals surface area contributed by atoms with E-state index < -0.39 is 5.91 Å². The highest BCUT2D eigenvalue weighted by Crippen LogP contribution is 2.24. The number of nitrogens with zero attached hydrogens (tertiary/aromatic N) is 1. The lowest BCUT2D eigenvalue weighted by Crippen LogP contribution is -2.21. The summed E-state index contributed by atoms with van der Waals surface area (Å²) in [5, 5.41) is 0. The summed E-state index contributed by atoms with van der Waals surface area (Å²) in [5.74, 6) is 0.0846. The first-order valence-corrected chi connectivity index (χ1v) is 5.76. The third-order valence-electron chi connectivity index (χ3n) is 2.90. The average Bonchev–Trinajstić information content (AvgIpc) is 2.78. The molecule has 3 nitrogen and oxygen atoms in total. The molecular formula is C14H16N2O. The van der Waals surface area contributed by atoms with E-state index in [9.17, 15) is 4.79 Å². The molecule has 1 aliphatic rings. The van der Waals surface area contributed by atoms with Crippen molar-refractivity contribution in [3.05, 3.63) is 41.5 Å². The van der Waals surface area contributed by atoms with Gasteiger partial charge in [-0.2, -0.15) is 0 Å². The van der Waals surface area contributed by atoms with Crippen LogP contribution in [0, 0.1) is 0 Å². The molecule has 0 bridgehead atoms. The minimum Gasteiger partial charge on any atom is -0.365 e. The molecule has 3 heteroatoms. The van der Waals surface area contributed by atoms with Crippen LogP contribution in [0.1, 0.15) is 37.3 Å². The molecule has 0 unspecified atom stereocenters. The Kier molecular flexibility index (Phi) is 3.09. The molecule has 17 heavy (non-hydrogen) atoms. The molecular weight excluding hydrogens is 212 g/mol. The zero-order valence-corrected chi connectivity index (χ0v) is 10.1. The van der Waals surface area contributed by atoms with E-state index in [-0.39, 0.29) is 0 Å². The third kappa shape index (κ3) is 2.44. The SMILES string of the molecule is CC(C)c1ccc(C2=CCC(C(N)=O)=N2)cc1. The van der Waals surface area contributed by atoms with Gasteiger partial charge in [-0.1, -0.05) is 44.2 Å². The summed E-state index contributed by atoms with van der Waals surface area (Å²) in [5.41, 5.74) is 8.81. The number of primary amides is 1. The minimum absolute atomic E-state index is 0.435. The summed E-state index contributed by atoms with van der Waals surface area (Å²) in [6.45, 7) is 4.32. The van der Waals surface area contributed by atoms with Crippen LogP contribution in [-0.4, -0.2) is 11.6 Å². The predicted octanol–water partition coefficient (Wildman–Crippen LogP) is 2.48. The van der Waals surface area contributed by atoms with Crippen LogP contribution in [0.25, 0.3) is 5.70 Å². The van der Waals surface area contributed by atoms with Gasteiger partial charge in [-0.25, -0.2) is 4.99 Å². The molecule has 0 spiro atoms. The number of carbonyl (C=O) groups excluding carboxylic acids is 1. The Morgan fingerprint density at radius 3 is 2.41 bits per heavy atom. The van der Waals surface area contributed by atoms with Gasteiger partial charge in [-0.05, 0) is 17.0 Å². The lowest BCUT2D eigenvalue weighted by atomic mass is 10.0. The van der Waals surface area contributed by atoms with Gasteiger partial charge in [0.15, 0.2) is 0 Å². The van der Waals surface area contributed by atoms with Gasteiger partial charge in [0, 0.05) is 6.42 Å². The molecule has 2 rings (SSSR count). The summed E-state index contributed by atoms with van der Waals surface area (Å²) >= 11 is 0. The molecule has 0 radical (unpaired) electrons. The number of hydrogen-bond donors (Lipinski definition) is 1. The quantitative estimate of drug-likeness (QED) is 0.849. The van der Waals surface area contributed by atoms with Crippen LogP contribution in [0.15, 0.2) is 35.3 Å². The smallest absolute Gasteiger partial charge is 0.263 e. The van der Waals surface area contributed by atoms with E-state index in [4.69, 9.17) is 5.73 Å². The van der Waals surface area contributed by atoms with Gasteiger partial charge in [-0.3, -0.25) is 4.79 Å². The normalized spacial score (nSPS) is 14.8. The first kappa shape index (κ1) is 11.6. The van der Waals surface area contributed by atoms with E-state index in [0.29, 0.717) is 18.1 Å². The number of amides is 1. The second-order valence-electron chi connectivity index (χ2n) is 4.49. The van der Waals surface area contributed by atoms with Gasteiger partial charge >= 0.3 is 0 Å². The van der Waals surface area contributed by atoms with Gasteiger partial charge < -0.3 is 5.73 Å². The summed E-state index contributed by atoms with van der Waals surface area (Å²) < 4.78 is 0. The van der Waals surface area contributed by atoms with Crippen molar-refractivity contribution in [1.29, 1.82) is 0 Å². The zero-order valence-electron chi connectivity index (χ0n) is 10.1. The molecule has 1 aromatic carbocycles. The number of allylic oxidation sites excluding steroid dienone is 1. The topological polar surface area (TPSA) is 55.5 Å². The van der Waals surface area contributed by atoms with E-state index in [1.165, 1.54) is 5.56 Å². The monoisotopic (exact) mass is 228 g/mol. The fourth-order valence-corrected chi connectivity index (χ4v) is 1.81. The van der Waals surface area contributed by atoms with Gasteiger partial charge in [0.05, 0.1) is 5.70 Å². The highest BCUT2D eigenvalue weighted by Gasteiger charge is 2.14. The number of hydrogen-bond acceptors (Lipinski definition) is 2. The highest BCUT2D eigenvalue weighted by atomic mass is 16.1. The second kappa shape index (κ2) is 4.53. The van der Waals surface area contributed by atoms with Gasteiger partial charge in [0.25, 0.3) is 5.91 Å². The van der Waals surface area contributed by atoms with Crippen LogP contribution in [0.5, 0.6) is 0 Å². The fraction of sp³-hybridized carbons (Fsp3) is 0.286. The Morgan fingerprint density at radius 1 is 1.29 bits per heavy atom. The molecule has 88 valence electrons. The molecule has 0 saturated carbocycles. The Hall–Kier alpha value is -1.90. The predicted molar refractivity (Wildman–Crippen MR) is 69.8 cm³/mol. The lowest BCUT2D eigenvalue weighted by Gasteiger charge is -2.06. The maximum Gasteiger partial charge on any atom is 0.263 e. The van der Waals surface area contributed by atoms with Crippen LogP contribution in [-0.2, 0) is 4.79 Å². The molecule has 1 aromatic rings. The van der Waals surface area contributed by atoms with Crippen molar-refractivity contribution in [3.63, 3.8) is 0 Å². The van der Waals surface area contributed by atoms with Crippen LogP contribution in [0.2, 0.25) is 0 Å². The second-order valence-corrected chi connectivity index (χ2v) is 4.49. The molecule has 0 saturated heterocycles. The number of nitrogens with two attached hydrogens (primary N) is 1. The molecule has 2 N–H and O–H groups in total. The molecule has 1 heterocycles. The fourth-order valence-electron chi connectivity index (χ4n) is 1.81. The number of benzene rings is 1. The van der Waals surface area contributed by atoms with Crippen molar-refractivity contribution in [2.45, 2.75) is 26.2 Å². The average molecular weight is 228 g/mol. The van der Waals surface area contributed by atoms with E-state index in [2.05, 4.69) is 31.0 Å². The number of carbonyl (C=O) groups is 1. The molecule has 0 aliphatic carbocycles. The number of aliphatic imine (C=N–C) groups is 1. The van der Waals surface area contributed by atoms with E-state index in [0.717, 1.165) is 11.3 Å². The Bertz CT molecular complexity index is 495. The number of rotatable bonds is 3. The Morgan fingerprint density at radius 2 is 1.94 bits per heavy atom. The third-order valence-corrected chi connectivity index (χ3v) is 2.90. The van der Waals surface area contributed by atoms with E-state index >= 15 is 0 Å². The first-order valence-electron chi connectivity index (χ1n) is 5.76. The van der Waals surface area contributed by atoms with Crippen molar-refractivity contribution in [2.75, 3.05) is 0 Å². The first-order chi connectivity index (χ1) is 8.08. The minimum atomic E-state index is -0.435.